The second-order valence-corrected chi connectivity index (χ2v) is 7.85. The summed E-state index contributed by atoms with van der Waals surface area (Å²) in [4.78, 5) is 1.21. The second-order valence-electron chi connectivity index (χ2n) is 6.79. The number of rotatable bonds is 3. The summed E-state index contributed by atoms with van der Waals surface area (Å²) < 4.78 is 12.8. The van der Waals surface area contributed by atoms with Crippen molar-refractivity contribution < 1.29 is 9.47 Å². The van der Waals surface area contributed by atoms with E-state index in [1.165, 1.54) is 20.5 Å². The van der Waals surface area contributed by atoms with E-state index >= 15 is 0 Å². The molecule has 1 aromatic heterocycles. The van der Waals surface area contributed by atoms with Gasteiger partial charge in [0.05, 0.1) is 16.5 Å². The number of hydrogen-bond acceptors (Lipinski definition) is 4. The minimum Gasteiger partial charge on any atom is -0.348 e. The van der Waals surface area contributed by atoms with Crippen molar-refractivity contribution in [1.29, 1.82) is 0 Å². The van der Waals surface area contributed by atoms with Crippen LogP contribution in [0, 0.1) is 11.8 Å². The largest absolute Gasteiger partial charge is 0.348 e. The Hall–Kier alpha value is -2.16. The smallest absolute Gasteiger partial charge is 0.159 e. The fourth-order valence-electron chi connectivity index (χ4n) is 3.32. The van der Waals surface area contributed by atoms with Crippen LogP contribution < -0.4 is 5.73 Å². The molecule has 0 aliphatic carbocycles. The monoisotopic (exact) mass is 377 g/mol. The molecule has 0 unspecified atom stereocenters. The summed E-state index contributed by atoms with van der Waals surface area (Å²) in [5, 5.41) is 1.20. The highest BCUT2D eigenvalue weighted by molar-refractivity contribution is 7.22. The molecule has 0 amide bonds. The molecule has 0 spiro atoms. The molecule has 3 atom stereocenters. The lowest BCUT2D eigenvalue weighted by Crippen LogP contribution is -2.43. The molecule has 1 fully saturated rings. The third-order valence-corrected chi connectivity index (χ3v) is 6.11. The Morgan fingerprint density at radius 1 is 1.11 bits per heavy atom. The van der Waals surface area contributed by atoms with Crippen molar-refractivity contribution in [1.82, 2.24) is 0 Å². The van der Waals surface area contributed by atoms with E-state index in [9.17, 15) is 0 Å². The number of thiophene rings is 1. The quantitative estimate of drug-likeness (QED) is 0.668. The predicted molar refractivity (Wildman–Crippen MR) is 112 cm³/mol. The number of hydrogen-bond donors (Lipinski definition) is 1. The standard InChI is InChI=1S/C23H23NO2S/c1-16-20(24)13-14-22(26-16)25-15-7-11-19-18-10-5-6-12-21(18)27-23(19)17-8-3-2-4-9-17/h2-6,8-10,12,16,20,22H,13-15,24H2,1H3/t16-,20-,22-/m0/s1. The van der Waals surface area contributed by atoms with Gasteiger partial charge in [-0.15, -0.1) is 11.3 Å². The molecule has 2 aromatic carbocycles. The average Bonchev–Trinajstić information content (AvgIpc) is 3.07. The number of fused-ring (bicyclic) bond motifs is 1. The van der Waals surface area contributed by atoms with Crippen LogP contribution in [0.3, 0.4) is 0 Å². The van der Waals surface area contributed by atoms with E-state index in [2.05, 4.69) is 60.4 Å². The van der Waals surface area contributed by atoms with Crippen molar-refractivity contribution in [3.05, 3.63) is 60.2 Å². The lowest BCUT2D eigenvalue weighted by Gasteiger charge is -2.31. The lowest BCUT2D eigenvalue weighted by molar-refractivity contribution is -0.187. The molecule has 1 aliphatic heterocycles. The molecule has 138 valence electrons. The Balaban J connectivity index is 1.55. The molecule has 1 saturated heterocycles. The van der Waals surface area contributed by atoms with Crippen LogP contribution in [-0.4, -0.2) is 25.0 Å². The van der Waals surface area contributed by atoms with Gasteiger partial charge in [0, 0.05) is 16.1 Å². The van der Waals surface area contributed by atoms with E-state index in [-0.39, 0.29) is 18.4 Å². The van der Waals surface area contributed by atoms with Crippen molar-refractivity contribution in [2.45, 2.75) is 38.2 Å². The van der Waals surface area contributed by atoms with Crippen LogP contribution in [-0.2, 0) is 9.47 Å². The van der Waals surface area contributed by atoms with E-state index in [1.807, 2.05) is 13.0 Å². The van der Waals surface area contributed by atoms with Crippen LogP contribution in [0.4, 0.5) is 0 Å². The summed E-state index contributed by atoms with van der Waals surface area (Å²) in [6.07, 6.45) is 1.57. The Labute approximate surface area is 164 Å². The molecule has 2 heterocycles. The van der Waals surface area contributed by atoms with Crippen molar-refractivity contribution in [2.75, 3.05) is 6.61 Å². The molecule has 4 heteroatoms. The molecule has 27 heavy (non-hydrogen) atoms. The zero-order valence-corrected chi connectivity index (χ0v) is 16.2. The van der Waals surface area contributed by atoms with E-state index in [4.69, 9.17) is 15.2 Å². The van der Waals surface area contributed by atoms with E-state index in [0.717, 1.165) is 18.4 Å². The fraction of sp³-hybridized carbons (Fsp3) is 0.304. The number of benzene rings is 2. The maximum Gasteiger partial charge on any atom is 0.159 e. The Morgan fingerprint density at radius 2 is 1.89 bits per heavy atom. The highest BCUT2D eigenvalue weighted by atomic mass is 32.1. The third-order valence-electron chi connectivity index (χ3n) is 4.89. The lowest BCUT2D eigenvalue weighted by atomic mass is 10.0. The minimum atomic E-state index is -0.207. The molecule has 0 bridgehead atoms. The van der Waals surface area contributed by atoms with Crippen molar-refractivity contribution in [3.8, 4) is 22.3 Å². The van der Waals surface area contributed by atoms with Crippen LogP contribution in [0.5, 0.6) is 0 Å². The first kappa shape index (κ1) is 18.2. The van der Waals surface area contributed by atoms with Crippen molar-refractivity contribution >= 4 is 21.4 Å². The maximum atomic E-state index is 5.98. The van der Waals surface area contributed by atoms with Gasteiger partial charge in [0.25, 0.3) is 0 Å². The zero-order valence-electron chi connectivity index (χ0n) is 15.4. The van der Waals surface area contributed by atoms with E-state index < -0.39 is 0 Å². The molecular formula is C23H23NO2S. The SMILES string of the molecule is C[C@@H]1O[C@H](OCC#Cc2c(-c3ccccc3)sc3ccccc23)CC[C@@H]1N. The van der Waals surface area contributed by atoms with Crippen LogP contribution >= 0.6 is 11.3 Å². The Bertz CT molecular complexity index is 970. The number of nitrogens with two attached hydrogens (primary N) is 1. The van der Waals surface area contributed by atoms with E-state index in [1.54, 1.807) is 11.3 Å². The van der Waals surface area contributed by atoms with Gasteiger partial charge in [-0.2, -0.15) is 0 Å². The van der Waals surface area contributed by atoms with Gasteiger partial charge in [0.2, 0.25) is 0 Å². The Morgan fingerprint density at radius 3 is 2.70 bits per heavy atom. The van der Waals surface area contributed by atoms with Crippen molar-refractivity contribution in [3.63, 3.8) is 0 Å². The third kappa shape index (κ3) is 4.07. The van der Waals surface area contributed by atoms with Crippen LogP contribution in [0.2, 0.25) is 0 Å². The maximum absolute atomic E-state index is 5.98. The fourth-order valence-corrected chi connectivity index (χ4v) is 4.48. The predicted octanol–water partition coefficient (Wildman–Crippen LogP) is 4.79. The summed E-state index contributed by atoms with van der Waals surface area (Å²) >= 11 is 1.78. The minimum absolute atomic E-state index is 0.0298. The van der Waals surface area contributed by atoms with Gasteiger partial charge in [-0.3, -0.25) is 0 Å². The van der Waals surface area contributed by atoms with Gasteiger partial charge in [-0.05, 0) is 31.4 Å². The summed E-state index contributed by atoms with van der Waals surface area (Å²) in [6, 6.07) is 18.9. The highest BCUT2D eigenvalue weighted by Crippen LogP contribution is 2.37. The Kier molecular flexibility index (Phi) is 5.56. The average molecular weight is 378 g/mol. The first-order valence-electron chi connectivity index (χ1n) is 9.31. The van der Waals surface area contributed by atoms with Gasteiger partial charge < -0.3 is 15.2 Å². The zero-order chi connectivity index (χ0) is 18.6. The van der Waals surface area contributed by atoms with Gasteiger partial charge in [-0.25, -0.2) is 0 Å². The first-order valence-corrected chi connectivity index (χ1v) is 10.1. The molecule has 0 radical (unpaired) electrons. The van der Waals surface area contributed by atoms with Gasteiger partial charge in [0.1, 0.15) is 6.61 Å². The van der Waals surface area contributed by atoms with E-state index in [0.29, 0.717) is 6.61 Å². The molecular weight excluding hydrogens is 354 g/mol. The first-order chi connectivity index (χ1) is 13.2. The number of ether oxygens (including phenoxy) is 2. The molecule has 3 aromatic rings. The van der Waals surface area contributed by atoms with Crippen LogP contribution in [0.1, 0.15) is 25.3 Å². The molecule has 3 nitrogen and oxygen atoms in total. The normalized spacial score (nSPS) is 22.4. The molecule has 0 saturated carbocycles. The van der Waals surface area contributed by atoms with Gasteiger partial charge in [-0.1, -0.05) is 60.4 Å². The van der Waals surface area contributed by atoms with Crippen LogP contribution in [0.25, 0.3) is 20.5 Å². The molecule has 2 N–H and O–H groups in total. The highest BCUT2D eigenvalue weighted by Gasteiger charge is 2.25. The summed E-state index contributed by atoms with van der Waals surface area (Å²) in [5.41, 5.74) is 8.25. The van der Waals surface area contributed by atoms with Gasteiger partial charge >= 0.3 is 0 Å². The molecule has 4 rings (SSSR count). The topological polar surface area (TPSA) is 44.5 Å². The molecule has 1 aliphatic rings. The van der Waals surface area contributed by atoms with Gasteiger partial charge in [0.15, 0.2) is 6.29 Å². The summed E-state index contributed by atoms with van der Waals surface area (Å²) in [6.45, 7) is 2.35. The van der Waals surface area contributed by atoms with Crippen molar-refractivity contribution in [2.24, 2.45) is 5.73 Å². The summed E-state index contributed by atoms with van der Waals surface area (Å²) in [5.74, 6) is 6.54. The van der Waals surface area contributed by atoms with Crippen LogP contribution in [0.15, 0.2) is 54.6 Å². The second kappa shape index (κ2) is 8.24. The summed E-state index contributed by atoms with van der Waals surface area (Å²) in [7, 11) is 0.